The highest BCUT2D eigenvalue weighted by Crippen LogP contribution is 2.23. The van der Waals surface area contributed by atoms with Gasteiger partial charge in [0.05, 0.1) is 12.2 Å². The first-order valence-corrected chi connectivity index (χ1v) is 7.15. The summed E-state index contributed by atoms with van der Waals surface area (Å²) >= 11 is 0. The lowest BCUT2D eigenvalue weighted by molar-refractivity contribution is -0.126. The largest absolute Gasteiger partial charge is 0.360 e. The molecule has 3 rings (SSSR count). The minimum atomic E-state index is 0.202. The van der Waals surface area contributed by atoms with Crippen LogP contribution >= 0.6 is 0 Å². The number of piperidine rings is 1. The van der Waals surface area contributed by atoms with Gasteiger partial charge in [-0.3, -0.25) is 9.69 Å². The van der Waals surface area contributed by atoms with Gasteiger partial charge in [0.1, 0.15) is 0 Å². The maximum absolute atomic E-state index is 12.0. The molecule has 0 bridgehead atoms. The topological polar surface area (TPSA) is 58.4 Å². The predicted molar refractivity (Wildman–Crippen MR) is 70.4 cm³/mol. The number of hydrogen-bond acceptors (Lipinski definition) is 4. The Morgan fingerprint density at radius 1 is 1.42 bits per heavy atom. The molecule has 1 aliphatic heterocycles. The van der Waals surface area contributed by atoms with Crippen LogP contribution in [-0.4, -0.2) is 35.1 Å². The van der Waals surface area contributed by atoms with E-state index >= 15 is 0 Å². The Morgan fingerprint density at radius 3 is 2.74 bits per heavy atom. The zero-order chi connectivity index (χ0) is 13.2. The average molecular weight is 263 g/mol. The molecule has 19 heavy (non-hydrogen) atoms. The van der Waals surface area contributed by atoms with Gasteiger partial charge in [-0.05, 0) is 45.7 Å². The van der Waals surface area contributed by atoms with Gasteiger partial charge < -0.3 is 9.84 Å². The monoisotopic (exact) mass is 263 g/mol. The molecule has 2 fully saturated rings. The fourth-order valence-corrected chi connectivity index (χ4v) is 2.61. The normalized spacial score (nSPS) is 21.5. The summed E-state index contributed by atoms with van der Waals surface area (Å²) < 4.78 is 5.23. The van der Waals surface area contributed by atoms with Gasteiger partial charge in [-0.1, -0.05) is 5.16 Å². The lowest BCUT2D eigenvalue weighted by Crippen LogP contribution is -2.40. The molecule has 0 aromatic carbocycles. The van der Waals surface area contributed by atoms with E-state index in [1.807, 2.05) is 13.0 Å². The Kier molecular flexibility index (Phi) is 3.55. The summed E-state index contributed by atoms with van der Waals surface area (Å²) in [7, 11) is 0. The molecule has 5 nitrogen and oxygen atoms in total. The van der Waals surface area contributed by atoms with Crippen LogP contribution in [0.25, 0.3) is 0 Å². The zero-order valence-electron chi connectivity index (χ0n) is 11.4. The van der Waals surface area contributed by atoms with E-state index in [0.717, 1.165) is 56.8 Å². The number of carbonyl (C=O) groups excluding carboxylic acids is 1. The summed E-state index contributed by atoms with van der Waals surface area (Å²) in [5.41, 5.74) is 0.925. The van der Waals surface area contributed by atoms with Crippen LogP contribution < -0.4 is 5.32 Å². The third-order valence-corrected chi connectivity index (χ3v) is 3.94. The van der Waals surface area contributed by atoms with Crippen molar-refractivity contribution in [2.75, 3.05) is 13.1 Å². The highest BCUT2D eigenvalue weighted by atomic mass is 16.5. The first-order valence-electron chi connectivity index (χ1n) is 7.15. The number of carbonyl (C=O) groups is 1. The van der Waals surface area contributed by atoms with Crippen LogP contribution in [0.15, 0.2) is 10.6 Å². The second-order valence-corrected chi connectivity index (χ2v) is 5.77. The van der Waals surface area contributed by atoms with Crippen LogP contribution in [0.2, 0.25) is 0 Å². The summed E-state index contributed by atoms with van der Waals surface area (Å²) in [4.78, 5) is 14.3. The van der Waals surface area contributed by atoms with Crippen LogP contribution in [0.4, 0.5) is 0 Å². The number of aryl methyl sites for hydroxylation is 1. The molecule has 2 aliphatic rings. The first kappa shape index (κ1) is 12.7. The van der Waals surface area contributed by atoms with Gasteiger partial charge in [0.2, 0.25) is 5.91 Å². The fraction of sp³-hybridized carbons (Fsp3) is 0.714. The lowest BCUT2D eigenvalue weighted by atomic mass is 9.96. The van der Waals surface area contributed by atoms with Crippen LogP contribution in [0.1, 0.15) is 37.1 Å². The van der Waals surface area contributed by atoms with Crippen molar-refractivity contribution >= 4 is 5.91 Å². The molecule has 104 valence electrons. The molecular weight excluding hydrogens is 242 g/mol. The van der Waals surface area contributed by atoms with Gasteiger partial charge in [-0.15, -0.1) is 0 Å². The van der Waals surface area contributed by atoms with E-state index in [1.54, 1.807) is 0 Å². The van der Waals surface area contributed by atoms with Crippen molar-refractivity contribution in [2.24, 2.45) is 5.92 Å². The minimum Gasteiger partial charge on any atom is -0.360 e. The quantitative estimate of drug-likeness (QED) is 0.893. The number of amides is 1. The molecule has 1 saturated carbocycles. The van der Waals surface area contributed by atoms with Crippen LogP contribution in [0, 0.1) is 12.8 Å². The van der Waals surface area contributed by atoms with Crippen LogP contribution in [0.5, 0.6) is 0 Å². The second-order valence-electron chi connectivity index (χ2n) is 5.77. The lowest BCUT2D eigenvalue weighted by Gasteiger charge is -2.30. The number of rotatable bonds is 4. The number of aromatic nitrogens is 1. The molecule has 0 spiro atoms. The molecule has 1 N–H and O–H groups in total. The highest BCUT2D eigenvalue weighted by molar-refractivity contribution is 5.79. The van der Waals surface area contributed by atoms with Crippen molar-refractivity contribution in [1.82, 2.24) is 15.4 Å². The Balaban J connectivity index is 1.44. The van der Waals surface area contributed by atoms with Gasteiger partial charge >= 0.3 is 0 Å². The number of hydrogen-bond donors (Lipinski definition) is 1. The Hall–Kier alpha value is -1.36. The molecule has 1 aromatic heterocycles. The van der Waals surface area contributed by atoms with E-state index in [4.69, 9.17) is 4.52 Å². The molecule has 5 heteroatoms. The predicted octanol–water partition coefficient (Wildman–Crippen LogP) is 1.47. The number of likely N-dealkylation sites (tertiary alicyclic amines) is 1. The first-order chi connectivity index (χ1) is 9.20. The molecule has 0 atom stereocenters. The van der Waals surface area contributed by atoms with Crippen molar-refractivity contribution in [1.29, 1.82) is 0 Å². The highest BCUT2D eigenvalue weighted by Gasteiger charge is 2.30. The van der Waals surface area contributed by atoms with Gasteiger partial charge in [-0.25, -0.2) is 0 Å². The minimum absolute atomic E-state index is 0.202. The van der Waals surface area contributed by atoms with E-state index in [0.29, 0.717) is 6.04 Å². The Morgan fingerprint density at radius 2 is 2.16 bits per heavy atom. The standard InChI is InChI=1S/C14H21N3O2/c1-10-8-13(19-16-10)9-17-6-4-11(5-7-17)14(18)15-12-2-3-12/h8,11-12H,2-7,9H2,1H3,(H,15,18). The van der Waals surface area contributed by atoms with Crippen molar-refractivity contribution in [2.45, 2.75) is 45.2 Å². The summed E-state index contributed by atoms with van der Waals surface area (Å²) in [6.07, 6.45) is 4.22. The molecular formula is C14H21N3O2. The summed E-state index contributed by atoms with van der Waals surface area (Å²) in [5.74, 6) is 1.38. The van der Waals surface area contributed by atoms with Crippen molar-refractivity contribution in [3.8, 4) is 0 Å². The fourth-order valence-electron chi connectivity index (χ4n) is 2.61. The molecule has 1 aliphatic carbocycles. The number of nitrogens with zero attached hydrogens (tertiary/aromatic N) is 2. The molecule has 0 unspecified atom stereocenters. The van der Waals surface area contributed by atoms with E-state index in [-0.39, 0.29) is 11.8 Å². The van der Waals surface area contributed by atoms with Gasteiger partial charge in [-0.2, -0.15) is 0 Å². The third-order valence-electron chi connectivity index (χ3n) is 3.94. The summed E-state index contributed by atoms with van der Waals surface area (Å²) in [6.45, 7) is 4.66. The molecule has 1 aromatic rings. The summed E-state index contributed by atoms with van der Waals surface area (Å²) in [5, 5.41) is 7.00. The van der Waals surface area contributed by atoms with E-state index in [2.05, 4.69) is 15.4 Å². The van der Waals surface area contributed by atoms with E-state index in [1.165, 1.54) is 0 Å². The van der Waals surface area contributed by atoms with Crippen molar-refractivity contribution < 1.29 is 9.32 Å². The molecule has 2 heterocycles. The summed E-state index contributed by atoms with van der Waals surface area (Å²) in [6, 6.07) is 2.45. The maximum Gasteiger partial charge on any atom is 0.223 e. The van der Waals surface area contributed by atoms with E-state index in [9.17, 15) is 4.79 Å². The molecule has 1 saturated heterocycles. The maximum atomic E-state index is 12.0. The van der Waals surface area contributed by atoms with Gasteiger partial charge in [0.25, 0.3) is 0 Å². The number of nitrogens with one attached hydrogen (secondary N) is 1. The van der Waals surface area contributed by atoms with Gasteiger partial charge in [0.15, 0.2) is 5.76 Å². The smallest absolute Gasteiger partial charge is 0.223 e. The molecule has 1 amide bonds. The van der Waals surface area contributed by atoms with Crippen LogP contribution in [-0.2, 0) is 11.3 Å². The third kappa shape index (κ3) is 3.35. The van der Waals surface area contributed by atoms with Crippen LogP contribution in [0.3, 0.4) is 0 Å². The zero-order valence-corrected chi connectivity index (χ0v) is 11.4. The second kappa shape index (κ2) is 5.33. The van der Waals surface area contributed by atoms with Gasteiger partial charge in [0, 0.05) is 18.0 Å². The average Bonchev–Trinajstić information content (AvgIpc) is 3.12. The van der Waals surface area contributed by atoms with E-state index < -0.39 is 0 Å². The Bertz CT molecular complexity index is 445. The Labute approximate surface area is 113 Å². The molecule has 0 radical (unpaired) electrons. The SMILES string of the molecule is Cc1cc(CN2CCC(C(=O)NC3CC3)CC2)on1. The van der Waals surface area contributed by atoms with Crippen molar-refractivity contribution in [3.63, 3.8) is 0 Å². The van der Waals surface area contributed by atoms with Crippen molar-refractivity contribution in [3.05, 3.63) is 17.5 Å².